The fraction of sp³-hybridized carbons (Fsp3) is 0.364. The predicted molar refractivity (Wildman–Crippen MR) is 105 cm³/mol. The fourth-order valence-electron chi connectivity index (χ4n) is 3.47. The Morgan fingerprint density at radius 2 is 1.88 bits per heavy atom. The normalized spacial score (nSPS) is 17.7. The summed E-state index contributed by atoms with van der Waals surface area (Å²) in [7, 11) is 0. The van der Waals surface area contributed by atoms with E-state index in [4.69, 9.17) is 0 Å². The Morgan fingerprint density at radius 1 is 1.12 bits per heavy atom. The fourth-order valence-corrected chi connectivity index (χ4v) is 3.47. The molecule has 26 heavy (non-hydrogen) atoms. The van der Waals surface area contributed by atoms with E-state index in [0.717, 1.165) is 25.6 Å². The van der Waals surface area contributed by atoms with Crippen LogP contribution in [0.15, 0.2) is 48.5 Å². The molecule has 4 heteroatoms. The van der Waals surface area contributed by atoms with Crippen molar-refractivity contribution < 1.29 is 9.59 Å². The minimum atomic E-state index is -0.163. The Morgan fingerprint density at radius 3 is 2.58 bits per heavy atom. The summed E-state index contributed by atoms with van der Waals surface area (Å²) in [5.41, 5.74) is 3.08. The van der Waals surface area contributed by atoms with Gasteiger partial charge in [0.25, 0.3) is 5.91 Å². The van der Waals surface area contributed by atoms with Gasteiger partial charge in [0.05, 0.1) is 0 Å². The molecule has 0 spiro atoms. The molecule has 0 aromatic heterocycles. The summed E-state index contributed by atoms with van der Waals surface area (Å²) >= 11 is 0. The first-order chi connectivity index (χ1) is 12.5. The lowest BCUT2D eigenvalue weighted by molar-refractivity contribution is 0.101. The highest BCUT2D eigenvalue weighted by molar-refractivity contribution is 6.05. The van der Waals surface area contributed by atoms with Crippen molar-refractivity contribution in [2.75, 3.05) is 18.4 Å². The maximum Gasteiger partial charge on any atom is 0.255 e. The zero-order valence-electron chi connectivity index (χ0n) is 15.5. The average Bonchev–Trinajstić information content (AvgIpc) is 2.62. The predicted octanol–water partition coefficient (Wildman–Crippen LogP) is 4.37. The zero-order valence-corrected chi connectivity index (χ0v) is 15.5. The van der Waals surface area contributed by atoms with Gasteiger partial charge in [0.1, 0.15) is 0 Å². The lowest BCUT2D eigenvalue weighted by atomic mass is 9.99. The Hall–Kier alpha value is -2.46. The van der Waals surface area contributed by atoms with Crippen LogP contribution in [0.2, 0.25) is 0 Å². The third-order valence-electron chi connectivity index (χ3n) is 4.89. The molecular weight excluding hydrogens is 324 g/mol. The van der Waals surface area contributed by atoms with E-state index in [1.165, 1.54) is 25.3 Å². The number of anilines is 1. The van der Waals surface area contributed by atoms with Gasteiger partial charge in [0.15, 0.2) is 5.78 Å². The molecule has 1 saturated heterocycles. The van der Waals surface area contributed by atoms with Crippen LogP contribution in [0.25, 0.3) is 0 Å². The van der Waals surface area contributed by atoms with Gasteiger partial charge in [-0.1, -0.05) is 31.2 Å². The molecule has 1 fully saturated rings. The maximum absolute atomic E-state index is 12.4. The summed E-state index contributed by atoms with van der Waals surface area (Å²) in [5, 5.41) is 2.86. The first-order valence-electron chi connectivity index (χ1n) is 9.25. The van der Waals surface area contributed by atoms with Crippen LogP contribution >= 0.6 is 0 Å². The molecule has 0 radical (unpaired) electrons. The number of rotatable bonds is 5. The third-order valence-corrected chi connectivity index (χ3v) is 4.89. The number of hydrogen-bond donors (Lipinski definition) is 1. The molecule has 1 amide bonds. The molecule has 0 aliphatic carbocycles. The van der Waals surface area contributed by atoms with Crippen molar-refractivity contribution in [3.8, 4) is 0 Å². The van der Waals surface area contributed by atoms with Crippen molar-refractivity contribution in [3.05, 3.63) is 65.2 Å². The lowest BCUT2D eigenvalue weighted by Crippen LogP contribution is -2.33. The van der Waals surface area contributed by atoms with Crippen LogP contribution in [0.5, 0.6) is 0 Å². The van der Waals surface area contributed by atoms with E-state index in [1.54, 1.807) is 24.3 Å². The van der Waals surface area contributed by atoms with E-state index in [1.807, 2.05) is 24.3 Å². The highest BCUT2D eigenvalue weighted by Gasteiger charge is 2.16. The van der Waals surface area contributed by atoms with Crippen LogP contribution in [-0.4, -0.2) is 29.7 Å². The standard InChI is InChI=1S/C22H26N2O2/c1-16-5-4-12-24(14-16)15-18-8-10-19(11-9-18)22(26)23-21-7-3-6-20(13-21)17(2)25/h3,6-11,13,16H,4-5,12,14-15H2,1-2H3,(H,23,26)/t16-/m1/s1. The van der Waals surface area contributed by atoms with Gasteiger partial charge in [-0.15, -0.1) is 0 Å². The summed E-state index contributed by atoms with van der Waals surface area (Å²) in [6.07, 6.45) is 2.58. The molecule has 2 aromatic rings. The minimum absolute atomic E-state index is 0.0162. The van der Waals surface area contributed by atoms with Gasteiger partial charge in [-0.3, -0.25) is 14.5 Å². The van der Waals surface area contributed by atoms with Crippen LogP contribution in [-0.2, 0) is 6.54 Å². The number of nitrogens with zero attached hydrogens (tertiary/aromatic N) is 1. The average molecular weight is 350 g/mol. The van der Waals surface area contributed by atoms with E-state index >= 15 is 0 Å². The van der Waals surface area contributed by atoms with Gasteiger partial charge in [-0.25, -0.2) is 0 Å². The van der Waals surface area contributed by atoms with Crippen molar-refractivity contribution >= 4 is 17.4 Å². The second-order valence-electron chi connectivity index (χ2n) is 7.27. The first kappa shape index (κ1) is 18.3. The Bertz CT molecular complexity index is 783. The number of carbonyl (C=O) groups excluding carboxylic acids is 2. The van der Waals surface area contributed by atoms with Crippen LogP contribution in [0.4, 0.5) is 5.69 Å². The Kier molecular flexibility index (Phi) is 5.84. The van der Waals surface area contributed by atoms with Crippen LogP contribution < -0.4 is 5.32 Å². The summed E-state index contributed by atoms with van der Waals surface area (Å²) in [6.45, 7) is 7.06. The van der Waals surface area contributed by atoms with Crippen molar-refractivity contribution in [2.45, 2.75) is 33.2 Å². The molecule has 0 unspecified atom stereocenters. The third kappa shape index (κ3) is 4.79. The minimum Gasteiger partial charge on any atom is -0.322 e. The van der Waals surface area contributed by atoms with Gasteiger partial charge in [-0.2, -0.15) is 0 Å². The number of ketones is 1. The summed E-state index contributed by atoms with van der Waals surface area (Å²) < 4.78 is 0. The van der Waals surface area contributed by atoms with E-state index in [2.05, 4.69) is 17.1 Å². The zero-order chi connectivity index (χ0) is 18.5. The molecule has 4 nitrogen and oxygen atoms in total. The summed E-state index contributed by atoms with van der Waals surface area (Å²) in [6, 6.07) is 14.8. The largest absolute Gasteiger partial charge is 0.322 e. The number of Topliss-reactive ketones (excluding diaryl/α,β-unsaturated/α-hetero) is 1. The van der Waals surface area contributed by atoms with Crippen molar-refractivity contribution in [2.24, 2.45) is 5.92 Å². The van der Waals surface area contributed by atoms with Crippen molar-refractivity contribution in [3.63, 3.8) is 0 Å². The van der Waals surface area contributed by atoms with Gasteiger partial charge in [0.2, 0.25) is 0 Å². The number of nitrogens with one attached hydrogen (secondary N) is 1. The quantitative estimate of drug-likeness (QED) is 0.815. The molecule has 0 saturated carbocycles. The molecule has 136 valence electrons. The van der Waals surface area contributed by atoms with E-state index in [-0.39, 0.29) is 11.7 Å². The maximum atomic E-state index is 12.4. The molecule has 1 heterocycles. The second-order valence-corrected chi connectivity index (χ2v) is 7.27. The highest BCUT2D eigenvalue weighted by Crippen LogP contribution is 2.18. The van der Waals surface area contributed by atoms with Gasteiger partial charge in [0, 0.05) is 29.9 Å². The molecule has 0 bridgehead atoms. The molecule has 3 rings (SSSR count). The van der Waals surface area contributed by atoms with Gasteiger partial charge >= 0.3 is 0 Å². The van der Waals surface area contributed by atoms with E-state index in [0.29, 0.717) is 16.8 Å². The van der Waals surface area contributed by atoms with Gasteiger partial charge < -0.3 is 5.32 Å². The molecule has 1 N–H and O–H groups in total. The van der Waals surface area contributed by atoms with Crippen molar-refractivity contribution in [1.29, 1.82) is 0 Å². The van der Waals surface area contributed by atoms with E-state index in [9.17, 15) is 9.59 Å². The second kappa shape index (κ2) is 8.28. The Balaban J connectivity index is 1.61. The summed E-state index contributed by atoms with van der Waals surface area (Å²) in [5.74, 6) is 0.584. The number of piperidine rings is 1. The number of carbonyl (C=O) groups is 2. The number of likely N-dealkylation sites (tertiary alicyclic amines) is 1. The molecular formula is C22H26N2O2. The number of amides is 1. The molecule has 1 aliphatic rings. The molecule has 1 aliphatic heterocycles. The van der Waals surface area contributed by atoms with Crippen molar-refractivity contribution in [1.82, 2.24) is 4.90 Å². The SMILES string of the molecule is CC(=O)c1cccc(NC(=O)c2ccc(CN3CCC[C@@H](C)C3)cc2)c1. The lowest BCUT2D eigenvalue weighted by Gasteiger charge is -2.30. The van der Waals surface area contributed by atoms with Crippen LogP contribution in [0.1, 0.15) is 53.0 Å². The van der Waals surface area contributed by atoms with Crippen LogP contribution in [0, 0.1) is 5.92 Å². The van der Waals surface area contributed by atoms with Gasteiger partial charge in [-0.05, 0) is 62.1 Å². The molecule has 1 atom stereocenters. The van der Waals surface area contributed by atoms with Crippen LogP contribution in [0.3, 0.4) is 0 Å². The topological polar surface area (TPSA) is 49.4 Å². The summed E-state index contributed by atoms with van der Waals surface area (Å²) in [4.78, 5) is 26.4. The van der Waals surface area contributed by atoms with E-state index < -0.39 is 0 Å². The number of benzene rings is 2. The highest BCUT2D eigenvalue weighted by atomic mass is 16.1. The molecule has 2 aromatic carbocycles. The monoisotopic (exact) mass is 350 g/mol. The first-order valence-corrected chi connectivity index (χ1v) is 9.25. The number of hydrogen-bond acceptors (Lipinski definition) is 3. The Labute approximate surface area is 155 Å². The smallest absolute Gasteiger partial charge is 0.255 e.